The van der Waals surface area contributed by atoms with Crippen LogP contribution in [-0.4, -0.2) is 89.0 Å². The molecular weight excluding hydrogens is 433 g/mol. The molecule has 2 aromatic heterocycles. The van der Waals surface area contributed by atoms with Crippen molar-refractivity contribution in [3.05, 3.63) is 6.33 Å². The number of hydrogen-bond acceptors (Lipinski definition) is 11. The first-order valence-corrected chi connectivity index (χ1v) is 11.2. The molecule has 8 N–H and O–H groups in total. The maximum absolute atomic E-state index is 10.8. The van der Waals surface area contributed by atoms with E-state index in [2.05, 4.69) is 45.1 Å². The van der Waals surface area contributed by atoms with E-state index in [-0.39, 0.29) is 22.9 Å². The van der Waals surface area contributed by atoms with E-state index in [0.717, 1.165) is 0 Å². The van der Waals surface area contributed by atoms with Gasteiger partial charge in [-0.2, -0.15) is 0 Å². The van der Waals surface area contributed by atoms with Crippen LogP contribution in [0.4, 0.5) is 11.8 Å². The number of anilines is 2. The van der Waals surface area contributed by atoms with Gasteiger partial charge in [-0.1, -0.05) is 20.8 Å². The van der Waals surface area contributed by atoms with Crippen LogP contribution in [0, 0.1) is 0 Å². The number of nitrogens with two attached hydrogens (primary N) is 2. The lowest BCUT2D eigenvalue weighted by Gasteiger charge is -2.17. The summed E-state index contributed by atoms with van der Waals surface area (Å²) in [5.74, 6) is -0.0233. The van der Waals surface area contributed by atoms with E-state index in [1.807, 2.05) is 0 Å². The molecule has 0 saturated carbocycles. The number of ether oxygens (including phenoxy) is 1. The monoisotopic (exact) mass is 463 g/mol. The van der Waals surface area contributed by atoms with Crippen molar-refractivity contribution in [2.45, 2.75) is 45.3 Å². The molecule has 0 amide bonds. The lowest BCUT2D eigenvalue weighted by Crippen LogP contribution is -2.33. The molecule has 0 radical (unpaired) electrons. The second-order valence-electron chi connectivity index (χ2n) is 6.72. The number of aliphatic hydroxyl groups is 2. The fraction of sp³-hybridized carbons (Fsp3) is 0.688. The quantitative estimate of drug-likeness (QED) is 0.274. The number of phosphoric acid groups is 1. The summed E-state index contributed by atoms with van der Waals surface area (Å²) in [6.07, 6.45) is -4.18. The SMILES string of the molecule is CCN(CC)CC.Nc1ncnc2c1nc(N)n2[C@@H]1O[C@H](COP(=O)(O)O)[C@@H](O)[C@H]1O. The van der Waals surface area contributed by atoms with E-state index in [4.69, 9.17) is 26.0 Å². The highest BCUT2D eigenvalue weighted by Gasteiger charge is 2.45. The van der Waals surface area contributed by atoms with E-state index in [1.165, 1.54) is 30.5 Å². The Hall–Kier alpha value is -1.90. The van der Waals surface area contributed by atoms with Crippen molar-refractivity contribution in [1.82, 2.24) is 24.4 Å². The highest BCUT2D eigenvalue weighted by atomic mass is 31.2. The third-order valence-corrected chi connectivity index (χ3v) is 5.36. The van der Waals surface area contributed by atoms with Gasteiger partial charge in [-0.25, -0.2) is 19.5 Å². The summed E-state index contributed by atoms with van der Waals surface area (Å²) in [4.78, 5) is 31.6. The van der Waals surface area contributed by atoms with E-state index in [9.17, 15) is 14.8 Å². The highest BCUT2D eigenvalue weighted by Crippen LogP contribution is 2.39. The van der Waals surface area contributed by atoms with Crippen molar-refractivity contribution in [3.63, 3.8) is 0 Å². The van der Waals surface area contributed by atoms with E-state index >= 15 is 0 Å². The molecule has 3 heterocycles. The number of aliphatic hydroxyl groups excluding tert-OH is 2. The number of imidazole rings is 1. The summed E-state index contributed by atoms with van der Waals surface area (Å²) in [5, 5.41) is 20.2. The van der Waals surface area contributed by atoms with Gasteiger partial charge in [-0.15, -0.1) is 0 Å². The average Bonchev–Trinajstić information content (AvgIpc) is 3.19. The van der Waals surface area contributed by atoms with Gasteiger partial charge < -0.3 is 41.1 Å². The summed E-state index contributed by atoms with van der Waals surface area (Å²) in [7, 11) is -4.75. The van der Waals surface area contributed by atoms with Crippen molar-refractivity contribution >= 4 is 30.8 Å². The number of nitrogens with zero attached hydrogens (tertiary/aromatic N) is 5. The Labute approximate surface area is 179 Å². The number of rotatable bonds is 7. The normalized spacial score (nSPS) is 23.9. The zero-order chi connectivity index (χ0) is 23.3. The first kappa shape index (κ1) is 25.4. The molecule has 0 unspecified atom stereocenters. The predicted octanol–water partition coefficient (Wildman–Crippen LogP) is -0.933. The molecule has 1 fully saturated rings. The van der Waals surface area contributed by atoms with Crippen LogP contribution in [0.25, 0.3) is 11.2 Å². The van der Waals surface area contributed by atoms with Gasteiger partial charge >= 0.3 is 7.82 Å². The zero-order valence-corrected chi connectivity index (χ0v) is 18.5. The zero-order valence-electron chi connectivity index (χ0n) is 17.6. The van der Waals surface area contributed by atoms with Gasteiger partial charge in [0.15, 0.2) is 23.2 Å². The van der Waals surface area contributed by atoms with Crippen LogP contribution in [0.2, 0.25) is 0 Å². The Morgan fingerprint density at radius 1 is 1.16 bits per heavy atom. The van der Waals surface area contributed by atoms with Crippen molar-refractivity contribution in [1.29, 1.82) is 0 Å². The fourth-order valence-electron chi connectivity index (χ4n) is 3.12. The van der Waals surface area contributed by atoms with E-state index < -0.39 is 39.0 Å². The van der Waals surface area contributed by atoms with Crippen LogP contribution >= 0.6 is 7.82 Å². The molecule has 2 aromatic rings. The van der Waals surface area contributed by atoms with Crippen molar-refractivity contribution in [3.8, 4) is 0 Å². The molecule has 0 aliphatic carbocycles. The van der Waals surface area contributed by atoms with Crippen LogP contribution in [0.15, 0.2) is 6.33 Å². The lowest BCUT2D eigenvalue weighted by molar-refractivity contribution is -0.0493. The summed E-state index contributed by atoms with van der Waals surface area (Å²) in [6, 6.07) is 0. The predicted molar refractivity (Wildman–Crippen MR) is 112 cm³/mol. The third-order valence-electron chi connectivity index (χ3n) is 4.87. The molecule has 176 valence electrons. The first-order valence-electron chi connectivity index (χ1n) is 9.71. The van der Waals surface area contributed by atoms with Gasteiger partial charge in [-0.3, -0.25) is 9.09 Å². The molecule has 1 aliphatic rings. The molecule has 31 heavy (non-hydrogen) atoms. The minimum atomic E-state index is -4.75. The van der Waals surface area contributed by atoms with Crippen LogP contribution in [0.5, 0.6) is 0 Å². The maximum Gasteiger partial charge on any atom is 0.469 e. The Morgan fingerprint density at radius 3 is 2.29 bits per heavy atom. The molecule has 1 aliphatic heterocycles. The maximum atomic E-state index is 10.8. The summed E-state index contributed by atoms with van der Waals surface area (Å²) >= 11 is 0. The van der Waals surface area contributed by atoms with E-state index in [0.29, 0.717) is 0 Å². The number of hydrogen-bond donors (Lipinski definition) is 6. The van der Waals surface area contributed by atoms with Gasteiger partial charge in [0.25, 0.3) is 0 Å². The molecule has 0 spiro atoms. The van der Waals surface area contributed by atoms with Crippen molar-refractivity contribution < 1.29 is 33.8 Å². The van der Waals surface area contributed by atoms with Gasteiger partial charge in [0.1, 0.15) is 24.6 Å². The Morgan fingerprint density at radius 2 is 1.77 bits per heavy atom. The highest BCUT2D eigenvalue weighted by molar-refractivity contribution is 7.46. The number of aromatic nitrogens is 4. The third kappa shape index (κ3) is 6.08. The second kappa shape index (κ2) is 10.6. The molecular formula is C16H30N7O7P. The lowest BCUT2D eigenvalue weighted by atomic mass is 10.1. The van der Waals surface area contributed by atoms with Gasteiger partial charge in [-0.05, 0) is 19.6 Å². The Bertz CT molecular complexity index is 898. The summed E-state index contributed by atoms with van der Waals surface area (Å²) in [6.45, 7) is 9.49. The minimum Gasteiger partial charge on any atom is -0.387 e. The molecule has 1 saturated heterocycles. The largest absolute Gasteiger partial charge is 0.469 e. The van der Waals surface area contributed by atoms with Crippen LogP contribution in [-0.2, 0) is 13.8 Å². The van der Waals surface area contributed by atoms with Gasteiger partial charge in [0.2, 0.25) is 5.95 Å². The minimum absolute atomic E-state index is 0.0693. The van der Waals surface area contributed by atoms with Crippen LogP contribution in [0.3, 0.4) is 0 Å². The number of nitrogen functional groups attached to an aromatic ring is 2. The smallest absolute Gasteiger partial charge is 0.387 e. The van der Waals surface area contributed by atoms with Crippen molar-refractivity contribution in [2.75, 3.05) is 37.7 Å². The standard InChI is InChI=1S/C10H15N6O7P.C6H15N/c11-7-4-8(14-2-13-7)16(10(12)15-4)9-6(18)5(17)3(23-9)1-22-24(19,20)21;1-4-7(5-2)6-3/h2-3,5-6,9,17-18H,1H2,(H2,12,15)(H2,11,13,14)(H2,19,20,21);4-6H2,1-3H3/t3-,5-,6-,9-;/m1./s1. The van der Waals surface area contributed by atoms with Gasteiger partial charge in [0.05, 0.1) is 6.61 Å². The molecule has 3 rings (SSSR count). The average molecular weight is 463 g/mol. The second-order valence-corrected chi connectivity index (χ2v) is 7.96. The number of fused-ring (bicyclic) bond motifs is 1. The number of phosphoric ester groups is 1. The summed E-state index contributed by atoms with van der Waals surface area (Å²) < 4.78 is 21.7. The summed E-state index contributed by atoms with van der Waals surface area (Å²) in [5.41, 5.74) is 11.8. The Balaban J connectivity index is 0.000000423. The topological polar surface area (TPSA) is 215 Å². The van der Waals surface area contributed by atoms with E-state index in [1.54, 1.807) is 0 Å². The fourth-order valence-corrected chi connectivity index (χ4v) is 3.46. The van der Waals surface area contributed by atoms with Crippen molar-refractivity contribution in [2.24, 2.45) is 0 Å². The Kier molecular flexibility index (Phi) is 8.68. The molecule has 0 bridgehead atoms. The first-order chi connectivity index (χ1) is 14.5. The molecule has 15 heteroatoms. The molecule has 4 atom stereocenters. The van der Waals surface area contributed by atoms with Gasteiger partial charge in [0, 0.05) is 0 Å². The van der Waals surface area contributed by atoms with Crippen LogP contribution < -0.4 is 11.5 Å². The molecule has 14 nitrogen and oxygen atoms in total. The van der Waals surface area contributed by atoms with Crippen LogP contribution in [0.1, 0.15) is 27.0 Å². The molecule has 0 aromatic carbocycles.